The van der Waals surface area contributed by atoms with Crippen LogP contribution in [0.15, 0.2) is 18.2 Å². The maximum absolute atomic E-state index is 11.9. The van der Waals surface area contributed by atoms with Gasteiger partial charge in [0, 0.05) is 24.7 Å². The van der Waals surface area contributed by atoms with E-state index in [2.05, 4.69) is 10.2 Å². The van der Waals surface area contributed by atoms with Gasteiger partial charge in [0.15, 0.2) is 0 Å². The van der Waals surface area contributed by atoms with Crippen molar-refractivity contribution in [2.24, 2.45) is 0 Å². The van der Waals surface area contributed by atoms with Crippen LogP contribution < -0.4 is 16.0 Å². The second kappa shape index (κ2) is 5.09. The normalized spacial score (nSPS) is 19.3. The van der Waals surface area contributed by atoms with E-state index >= 15 is 0 Å². The Morgan fingerprint density at radius 1 is 1.32 bits per heavy atom. The van der Waals surface area contributed by atoms with Crippen LogP contribution in [0.5, 0.6) is 0 Å². The molecule has 1 aliphatic carbocycles. The van der Waals surface area contributed by atoms with Gasteiger partial charge in [-0.05, 0) is 31.0 Å². The molecule has 2 aliphatic rings. The number of carbonyl (C=O) groups excluding carboxylic acids is 1. The highest BCUT2D eigenvalue weighted by molar-refractivity contribution is 5.96. The number of hydrogen-bond donors (Lipinski definition) is 2. The lowest BCUT2D eigenvalue weighted by molar-refractivity contribution is 0.0951. The fourth-order valence-electron chi connectivity index (χ4n) is 2.28. The van der Waals surface area contributed by atoms with Crippen LogP contribution in [-0.4, -0.2) is 38.3 Å². The third kappa shape index (κ3) is 2.81. The summed E-state index contributed by atoms with van der Waals surface area (Å²) < 4.78 is 5.33. The van der Waals surface area contributed by atoms with Crippen molar-refractivity contribution in [2.75, 3.05) is 36.9 Å². The molecule has 3 N–H and O–H groups in total. The van der Waals surface area contributed by atoms with E-state index in [9.17, 15) is 4.79 Å². The topological polar surface area (TPSA) is 67.6 Å². The smallest absolute Gasteiger partial charge is 0.251 e. The number of hydrogen-bond acceptors (Lipinski definition) is 4. The molecule has 0 aromatic heterocycles. The van der Waals surface area contributed by atoms with Gasteiger partial charge in [0.05, 0.1) is 24.6 Å². The monoisotopic (exact) mass is 261 g/mol. The van der Waals surface area contributed by atoms with Gasteiger partial charge < -0.3 is 20.7 Å². The molecule has 1 aromatic rings. The number of nitrogens with zero attached hydrogens (tertiary/aromatic N) is 1. The maximum Gasteiger partial charge on any atom is 0.251 e. The molecule has 1 saturated heterocycles. The summed E-state index contributed by atoms with van der Waals surface area (Å²) in [4.78, 5) is 14.1. The van der Waals surface area contributed by atoms with Crippen LogP contribution in [-0.2, 0) is 4.74 Å². The molecule has 1 aromatic carbocycles. The number of nitrogens with two attached hydrogens (primary N) is 1. The van der Waals surface area contributed by atoms with Crippen molar-refractivity contribution in [1.29, 1.82) is 0 Å². The van der Waals surface area contributed by atoms with E-state index < -0.39 is 0 Å². The van der Waals surface area contributed by atoms with E-state index in [1.165, 1.54) is 0 Å². The number of rotatable bonds is 3. The molecule has 3 rings (SSSR count). The highest BCUT2D eigenvalue weighted by Crippen LogP contribution is 2.26. The molecule has 1 aliphatic heterocycles. The van der Waals surface area contributed by atoms with Crippen LogP contribution in [0.2, 0.25) is 0 Å². The number of amides is 1. The van der Waals surface area contributed by atoms with Gasteiger partial charge in [0.25, 0.3) is 5.91 Å². The van der Waals surface area contributed by atoms with Crippen molar-refractivity contribution in [3.8, 4) is 0 Å². The van der Waals surface area contributed by atoms with Gasteiger partial charge in [0.2, 0.25) is 0 Å². The fourth-order valence-corrected chi connectivity index (χ4v) is 2.28. The molecular weight excluding hydrogens is 242 g/mol. The van der Waals surface area contributed by atoms with Gasteiger partial charge in [-0.15, -0.1) is 0 Å². The van der Waals surface area contributed by atoms with Crippen molar-refractivity contribution in [3.63, 3.8) is 0 Å². The quantitative estimate of drug-likeness (QED) is 0.796. The molecule has 1 saturated carbocycles. The summed E-state index contributed by atoms with van der Waals surface area (Å²) in [5.41, 5.74) is 8.36. The number of ether oxygens (including phenoxy) is 1. The first-order valence-electron chi connectivity index (χ1n) is 6.77. The predicted octanol–water partition coefficient (Wildman–Crippen LogP) is 0.998. The third-order valence-corrected chi connectivity index (χ3v) is 3.55. The lowest BCUT2D eigenvalue weighted by atomic mass is 10.1. The summed E-state index contributed by atoms with van der Waals surface area (Å²) in [5.74, 6) is -0.0253. The molecular formula is C14H19N3O2. The summed E-state index contributed by atoms with van der Waals surface area (Å²) in [6, 6.07) is 5.91. The standard InChI is InChI=1S/C14H19N3O2/c15-12-9-10(14(18)16-11-2-3-11)1-4-13(12)17-5-7-19-8-6-17/h1,4,9,11H,2-3,5-8,15H2,(H,16,18). The second-order valence-corrected chi connectivity index (χ2v) is 5.12. The van der Waals surface area contributed by atoms with Crippen LogP contribution in [0, 0.1) is 0 Å². The Balaban J connectivity index is 1.74. The van der Waals surface area contributed by atoms with Gasteiger partial charge in [-0.2, -0.15) is 0 Å². The molecule has 0 bridgehead atoms. The summed E-state index contributed by atoms with van der Waals surface area (Å²) in [5, 5.41) is 2.97. The maximum atomic E-state index is 11.9. The summed E-state index contributed by atoms with van der Waals surface area (Å²) in [7, 11) is 0. The number of benzene rings is 1. The lowest BCUT2D eigenvalue weighted by Crippen LogP contribution is -2.36. The molecule has 1 heterocycles. The lowest BCUT2D eigenvalue weighted by Gasteiger charge is -2.30. The fraction of sp³-hybridized carbons (Fsp3) is 0.500. The van der Waals surface area contributed by atoms with Crippen molar-refractivity contribution >= 4 is 17.3 Å². The van der Waals surface area contributed by atoms with Crippen molar-refractivity contribution < 1.29 is 9.53 Å². The first-order chi connectivity index (χ1) is 9.24. The minimum Gasteiger partial charge on any atom is -0.397 e. The van der Waals surface area contributed by atoms with Crippen molar-refractivity contribution in [3.05, 3.63) is 23.8 Å². The van der Waals surface area contributed by atoms with Gasteiger partial charge in [-0.1, -0.05) is 0 Å². The minimum atomic E-state index is -0.0253. The van der Waals surface area contributed by atoms with E-state index in [0.29, 0.717) is 17.3 Å². The molecule has 0 radical (unpaired) electrons. The van der Waals surface area contributed by atoms with Crippen molar-refractivity contribution in [1.82, 2.24) is 5.32 Å². The van der Waals surface area contributed by atoms with E-state index in [1.54, 1.807) is 6.07 Å². The van der Waals surface area contributed by atoms with E-state index in [-0.39, 0.29) is 5.91 Å². The Morgan fingerprint density at radius 3 is 2.68 bits per heavy atom. The van der Waals surface area contributed by atoms with E-state index in [0.717, 1.165) is 44.8 Å². The molecule has 2 fully saturated rings. The molecule has 102 valence electrons. The average molecular weight is 261 g/mol. The van der Waals surface area contributed by atoms with Gasteiger partial charge in [-0.3, -0.25) is 4.79 Å². The summed E-state index contributed by atoms with van der Waals surface area (Å²) in [6.07, 6.45) is 2.18. The van der Waals surface area contributed by atoms with Gasteiger partial charge >= 0.3 is 0 Å². The highest BCUT2D eigenvalue weighted by atomic mass is 16.5. The predicted molar refractivity (Wildman–Crippen MR) is 74.4 cm³/mol. The SMILES string of the molecule is Nc1cc(C(=O)NC2CC2)ccc1N1CCOCC1. The Labute approximate surface area is 112 Å². The van der Waals surface area contributed by atoms with Crippen LogP contribution in [0.1, 0.15) is 23.2 Å². The molecule has 19 heavy (non-hydrogen) atoms. The zero-order valence-corrected chi connectivity index (χ0v) is 10.9. The summed E-state index contributed by atoms with van der Waals surface area (Å²) in [6.45, 7) is 3.14. The van der Waals surface area contributed by atoms with Gasteiger partial charge in [0.1, 0.15) is 0 Å². The van der Waals surface area contributed by atoms with E-state index in [1.807, 2.05) is 12.1 Å². The number of carbonyl (C=O) groups is 1. The number of nitrogens with one attached hydrogen (secondary N) is 1. The molecule has 0 unspecified atom stereocenters. The van der Waals surface area contributed by atoms with Crippen molar-refractivity contribution in [2.45, 2.75) is 18.9 Å². The van der Waals surface area contributed by atoms with Crippen LogP contribution in [0.3, 0.4) is 0 Å². The first kappa shape index (κ1) is 12.3. The number of morpholine rings is 1. The molecule has 0 atom stereocenters. The average Bonchev–Trinajstić information content (AvgIpc) is 3.23. The van der Waals surface area contributed by atoms with Crippen LogP contribution in [0.25, 0.3) is 0 Å². The third-order valence-electron chi connectivity index (χ3n) is 3.55. The number of anilines is 2. The largest absolute Gasteiger partial charge is 0.397 e. The van der Waals surface area contributed by atoms with Gasteiger partial charge in [-0.25, -0.2) is 0 Å². The van der Waals surface area contributed by atoms with Crippen LogP contribution >= 0.6 is 0 Å². The molecule has 5 heteroatoms. The minimum absolute atomic E-state index is 0.0253. The second-order valence-electron chi connectivity index (χ2n) is 5.12. The van der Waals surface area contributed by atoms with E-state index in [4.69, 9.17) is 10.5 Å². The van der Waals surface area contributed by atoms with Crippen LogP contribution in [0.4, 0.5) is 11.4 Å². The zero-order valence-electron chi connectivity index (χ0n) is 10.9. The summed E-state index contributed by atoms with van der Waals surface area (Å²) >= 11 is 0. The Kier molecular flexibility index (Phi) is 3.29. The zero-order chi connectivity index (χ0) is 13.2. The Bertz CT molecular complexity index is 480. The molecule has 1 amide bonds. The highest BCUT2D eigenvalue weighted by Gasteiger charge is 2.24. The molecule has 0 spiro atoms. The Hall–Kier alpha value is -1.75. The first-order valence-corrected chi connectivity index (χ1v) is 6.77. The Morgan fingerprint density at radius 2 is 2.05 bits per heavy atom. The number of nitrogen functional groups attached to an aromatic ring is 1. The molecule has 5 nitrogen and oxygen atoms in total.